The Bertz CT molecular complexity index is 1450. The maximum atomic E-state index is 14.5. The molecule has 0 aromatic heterocycles. The quantitative estimate of drug-likeness (QED) is 0.178. The summed E-state index contributed by atoms with van der Waals surface area (Å²) in [6.45, 7) is 0. The van der Waals surface area contributed by atoms with Crippen molar-refractivity contribution in [3.63, 3.8) is 0 Å². The van der Waals surface area contributed by atoms with Gasteiger partial charge in [0, 0.05) is 0 Å². The molecule has 0 radical (unpaired) electrons. The minimum Gasteiger partial charge on any atom is -0.207 e. The molecule has 5 aromatic carbocycles. The maximum Gasteiger partial charge on any atom is 0.123 e. The van der Waals surface area contributed by atoms with Gasteiger partial charge in [0.05, 0.1) is 0 Å². The van der Waals surface area contributed by atoms with Crippen LogP contribution in [0.5, 0.6) is 0 Å². The zero-order chi connectivity index (χ0) is 23.9. The lowest BCUT2D eigenvalue weighted by atomic mass is 9.82. The van der Waals surface area contributed by atoms with E-state index in [2.05, 4.69) is 78.9 Å². The fourth-order valence-corrected chi connectivity index (χ4v) is 4.38. The van der Waals surface area contributed by atoms with Crippen molar-refractivity contribution in [2.24, 2.45) is 0 Å². The van der Waals surface area contributed by atoms with Crippen LogP contribution < -0.4 is 0 Å². The summed E-state index contributed by atoms with van der Waals surface area (Å²) < 4.78 is 14.5. The normalized spacial score (nSPS) is 12.2. The van der Waals surface area contributed by atoms with E-state index in [1.165, 1.54) is 6.07 Å². The molecule has 0 unspecified atom stereocenters. The lowest BCUT2D eigenvalue weighted by Gasteiger charge is -2.21. The van der Waals surface area contributed by atoms with Crippen LogP contribution in [-0.2, 0) is 0 Å². The van der Waals surface area contributed by atoms with Gasteiger partial charge in [-0.1, -0.05) is 133 Å². The second kappa shape index (κ2) is 10.6. The highest BCUT2D eigenvalue weighted by atomic mass is 19.1. The fourth-order valence-electron chi connectivity index (χ4n) is 4.38. The molecule has 0 N–H and O–H groups in total. The Morgan fingerprint density at radius 2 is 0.943 bits per heavy atom. The summed E-state index contributed by atoms with van der Waals surface area (Å²) in [7, 11) is 0. The Morgan fingerprint density at radius 1 is 0.457 bits per heavy atom. The first-order valence-electron chi connectivity index (χ1n) is 11.7. The number of allylic oxidation sites excluding steroid dienone is 2. The Balaban J connectivity index is 1.92. The van der Waals surface area contributed by atoms with Crippen molar-refractivity contribution >= 4 is 22.8 Å². The van der Waals surface area contributed by atoms with Gasteiger partial charge in [0.2, 0.25) is 0 Å². The monoisotopic (exact) mass is 452 g/mol. The molecule has 0 saturated carbocycles. The summed E-state index contributed by atoms with van der Waals surface area (Å²) >= 11 is 0. The van der Waals surface area contributed by atoms with Crippen LogP contribution in [0.1, 0.15) is 27.8 Å². The molecule has 0 nitrogen and oxygen atoms in total. The molecule has 0 aliphatic rings. The van der Waals surface area contributed by atoms with Crippen LogP contribution in [-0.4, -0.2) is 0 Å². The van der Waals surface area contributed by atoms with Gasteiger partial charge in [0.25, 0.3) is 0 Å². The largest absolute Gasteiger partial charge is 0.207 e. The minimum atomic E-state index is -0.253. The van der Waals surface area contributed by atoms with E-state index in [-0.39, 0.29) is 5.82 Å². The second-order valence-electron chi connectivity index (χ2n) is 8.33. The maximum absolute atomic E-state index is 14.5. The Kier molecular flexibility index (Phi) is 6.77. The van der Waals surface area contributed by atoms with Crippen LogP contribution in [0.4, 0.5) is 4.39 Å². The molecule has 0 aliphatic carbocycles. The molecule has 5 aromatic rings. The van der Waals surface area contributed by atoms with Crippen LogP contribution in [0.15, 0.2) is 146 Å². The molecule has 0 saturated heterocycles. The van der Waals surface area contributed by atoms with E-state index < -0.39 is 0 Å². The number of hydrogen-bond donors (Lipinski definition) is 0. The molecular weight excluding hydrogens is 427 g/mol. The molecule has 168 valence electrons. The van der Waals surface area contributed by atoms with E-state index in [4.69, 9.17) is 0 Å². The van der Waals surface area contributed by atoms with Crippen molar-refractivity contribution in [3.05, 3.63) is 179 Å². The van der Waals surface area contributed by atoms with E-state index >= 15 is 0 Å². The number of hydrogen-bond acceptors (Lipinski definition) is 0. The van der Waals surface area contributed by atoms with E-state index in [0.29, 0.717) is 0 Å². The number of benzene rings is 5. The summed E-state index contributed by atoms with van der Waals surface area (Å²) in [4.78, 5) is 0. The molecule has 0 aliphatic heterocycles. The molecule has 5 rings (SSSR count). The van der Waals surface area contributed by atoms with Crippen LogP contribution in [0.25, 0.3) is 22.8 Å². The highest BCUT2D eigenvalue weighted by Crippen LogP contribution is 2.41. The zero-order valence-electron chi connectivity index (χ0n) is 19.3. The van der Waals surface area contributed by atoms with Crippen molar-refractivity contribution in [3.8, 4) is 0 Å². The lowest BCUT2D eigenvalue weighted by Crippen LogP contribution is -1.99. The van der Waals surface area contributed by atoms with Crippen LogP contribution in [0.2, 0.25) is 0 Å². The third kappa shape index (κ3) is 5.20. The highest BCUT2D eigenvalue weighted by Gasteiger charge is 2.19. The van der Waals surface area contributed by atoms with Gasteiger partial charge in [0.1, 0.15) is 5.82 Å². The smallest absolute Gasteiger partial charge is 0.123 e. The Hall–Kier alpha value is -4.49. The van der Waals surface area contributed by atoms with Crippen LogP contribution in [0.3, 0.4) is 0 Å². The van der Waals surface area contributed by atoms with Crippen molar-refractivity contribution in [2.45, 2.75) is 0 Å². The molecular formula is C34H25F. The first kappa shape index (κ1) is 22.3. The second-order valence-corrected chi connectivity index (χ2v) is 8.33. The fraction of sp³-hybridized carbons (Fsp3) is 0. The van der Waals surface area contributed by atoms with Crippen LogP contribution >= 0.6 is 0 Å². The first-order chi connectivity index (χ1) is 17.3. The predicted octanol–water partition coefficient (Wildman–Crippen LogP) is 9.03. The third-order valence-electron chi connectivity index (χ3n) is 5.95. The van der Waals surface area contributed by atoms with Gasteiger partial charge in [-0.05, 0) is 62.7 Å². The van der Waals surface area contributed by atoms with Crippen LogP contribution in [0, 0.1) is 5.82 Å². The van der Waals surface area contributed by atoms with Crippen molar-refractivity contribution in [2.75, 3.05) is 0 Å². The zero-order valence-corrected chi connectivity index (χ0v) is 19.3. The van der Waals surface area contributed by atoms with Gasteiger partial charge >= 0.3 is 0 Å². The summed E-state index contributed by atoms with van der Waals surface area (Å²) in [6, 6.07) is 48.2. The van der Waals surface area contributed by atoms with Crippen molar-refractivity contribution in [1.82, 2.24) is 0 Å². The minimum absolute atomic E-state index is 0.253. The molecule has 35 heavy (non-hydrogen) atoms. The molecule has 0 fully saturated rings. The van der Waals surface area contributed by atoms with Gasteiger partial charge in [-0.2, -0.15) is 0 Å². The number of halogens is 1. The average Bonchev–Trinajstić information content (AvgIpc) is 2.93. The SMILES string of the molecule is Fc1cccc(/C(=C(\C(=C/c2ccccc2)c2ccccc2)c2ccccc2)c2ccccc2)c1. The van der Waals surface area contributed by atoms with E-state index in [0.717, 1.165) is 44.5 Å². The highest BCUT2D eigenvalue weighted by molar-refractivity contribution is 6.21. The first-order valence-corrected chi connectivity index (χ1v) is 11.7. The summed E-state index contributed by atoms with van der Waals surface area (Å²) in [5.74, 6) is -0.253. The molecule has 0 amide bonds. The van der Waals surface area contributed by atoms with Crippen molar-refractivity contribution in [1.29, 1.82) is 0 Å². The third-order valence-corrected chi connectivity index (χ3v) is 5.95. The molecule has 0 bridgehead atoms. The van der Waals surface area contributed by atoms with Crippen molar-refractivity contribution < 1.29 is 4.39 Å². The Morgan fingerprint density at radius 3 is 1.51 bits per heavy atom. The number of rotatable bonds is 6. The molecule has 0 spiro atoms. The topological polar surface area (TPSA) is 0 Å². The van der Waals surface area contributed by atoms with E-state index in [1.54, 1.807) is 12.1 Å². The summed E-state index contributed by atoms with van der Waals surface area (Å²) in [6.07, 6.45) is 2.22. The Labute approximate surface area is 206 Å². The standard InChI is InChI=1S/C34H25F/c35-31-23-13-22-30(25-31)33(28-18-9-3-10-19-28)34(29-20-11-4-12-21-29)32(27-16-7-2-8-17-27)24-26-14-5-1-6-15-26/h1-25H/b32-24-,34-33-. The molecule has 0 heterocycles. The van der Waals surface area contributed by atoms with Gasteiger partial charge in [-0.3, -0.25) is 0 Å². The van der Waals surface area contributed by atoms with Gasteiger partial charge in [0.15, 0.2) is 0 Å². The molecule has 0 atom stereocenters. The lowest BCUT2D eigenvalue weighted by molar-refractivity contribution is 0.627. The summed E-state index contributed by atoms with van der Waals surface area (Å²) in [5, 5.41) is 0. The van der Waals surface area contributed by atoms with Gasteiger partial charge < -0.3 is 0 Å². The average molecular weight is 453 g/mol. The predicted molar refractivity (Wildman–Crippen MR) is 146 cm³/mol. The van der Waals surface area contributed by atoms with Gasteiger partial charge in [-0.25, -0.2) is 4.39 Å². The summed E-state index contributed by atoms with van der Waals surface area (Å²) in [5.41, 5.74) is 8.26. The van der Waals surface area contributed by atoms with E-state index in [1.807, 2.05) is 54.6 Å². The molecule has 1 heteroatoms. The van der Waals surface area contributed by atoms with E-state index in [9.17, 15) is 4.39 Å². The van der Waals surface area contributed by atoms with Gasteiger partial charge in [-0.15, -0.1) is 0 Å².